The SMILES string of the molecule is COC(=O)C1=C(C)NC2=C(C(=O)C[C@H](c3ccccc3OC)C2)[C@H]1c1ccc(OC(C)=O)cc1. The van der Waals surface area contributed by atoms with Gasteiger partial charge in [0.15, 0.2) is 5.78 Å². The monoisotopic (exact) mass is 461 g/mol. The van der Waals surface area contributed by atoms with Crippen LogP contribution < -0.4 is 14.8 Å². The molecule has 0 radical (unpaired) electrons. The Balaban J connectivity index is 1.78. The van der Waals surface area contributed by atoms with Crippen LogP contribution in [0.4, 0.5) is 0 Å². The largest absolute Gasteiger partial charge is 0.496 e. The van der Waals surface area contributed by atoms with Crippen LogP contribution in [0.1, 0.15) is 49.7 Å². The highest BCUT2D eigenvalue weighted by molar-refractivity contribution is 6.04. The van der Waals surface area contributed by atoms with Crippen molar-refractivity contribution in [2.75, 3.05) is 14.2 Å². The van der Waals surface area contributed by atoms with Crippen molar-refractivity contribution in [2.45, 2.75) is 38.5 Å². The zero-order chi connectivity index (χ0) is 24.4. The molecule has 2 aromatic carbocycles. The molecule has 2 atom stereocenters. The van der Waals surface area contributed by atoms with Crippen LogP contribution in [0, 0.1) is 0 Å². The molecule has 7 nitrogen and oxygen atoms in total. The van der Waals surface area contributed by atoms with Gasteiger partial charge in [0.2, 0.25) is 0 Å². The molecule has 1 aliphatic carbocycles. The van der Waals surface area contributed by atoms with E-state index in [0.717, 1.165) is 22.6 Å². The molecule has 0 aromatic heterocycles. The maximum Gasteiger partial charge on any atom is 0.336 e. The molecule has 4 rings (SSSR count). The molecular formula is C27H27NO6. The fourth-order valence-corrected chi connectivity index (χ4v) is 4.87. The summed E-state index contributed by atoms with van der Waals surface area (Å²) in [5, 5.41) is 3.32. The van der Waals surface area contributed by atoms with Crippen molar-refractivity contribution in [1.82, 2.24) is 5.32 Å². The Kier molecular flexibility index (Phi) is 6.54. The average molecular weight is 462 g/mol. The van der Waals surface area contributed by atoms with Gasteiger partial charge in [0.05, 0.1) is 19.8 Å². The van der Waals surface area contributed by atoms with Crippen LogP contribution in [-0.2, 0) is 19.1 Å². The van der Waals surface area contributed by atoms with Crippen molar-refractivity contribution in [1.29, 1.82) is 0 Å². The van der Waals surface area contributed by atoms with Crippen molar-refractivity contribution in [3.63, 3.8) is 0 Å². The third-order valence-electron chi connectivity index (χ3n) is 6.29. The molecule has 1 aliphatic heterocycles. The van der Waals surface area contributed by atoms with Gasteiger partial charge in [-0.05, 0) is 42.7 Å². The maximum atomic E-state index is 13.6. The zero-order valence-corrected chi connectivity index (χ0v) is 19.6. The van der Waals surface area contributed by atoms with E-state index in [0.29, 0.717) is 35.4 Å². The number of nitrogens with one attached hydrogen (secondary N) is 1. The highest BCUT2D eigenvalue weighted by atomic mass is 16.5. The lowest BCUT2D eigenvalue weighted by Crippen LogP contribution is -2.36. The first kappa shape index (κ1) is 23.3. The van der Waals surface area contributed by atoms with Gasteiger partial charge in [-0.3, -0.25) is 9.59 Å². The number of benzene rings is 2. The first-order valence-electron chi connectivity index (χ1n) is 11.1. The number of allylic oxidation sites excluding steroid dienone is 3. The number of para-hydroxylation sites is 1. The number of carbonyl (C=O) groups is 3. The van der Waals surface area contributed by atoms with E-state index in [1.165, 1.54) is 14.0 Å². The number of hydrogen-bond donors (Lipinski definition) is 1. The van der Waals surface area contributed by atoms with Gasteiger partial charge in [0.1, 0.15) is 11.5 Å². The third kappa shape index (κ3) is 4.33. The minimum Gasteiger partial charge on any atom is -0.496 e. The number of Topliss-reactive ketones (excluding diaryl/α,β-unsaturated/α-hetero) is 1. The van der Waals surface area contributed by atoms with Crippen molar-refractivity contribution in [3.05, 3.63) is 82.2 Å². The van der Waals surface area contributed by atoms with Gasteiger partial charge in [-0.2, -0.15) is 0 Å². The highest BCUT2D eigenvalue weighted by Gasteiger charge is 2.41. The normalized spacial score (nSPS) is 19.8. The molecule has 0 saturated carbocycles. The quantitative estimate of drug-likeness (QED) is 0.528. The van der Waals surface area contributed by atoms with Crippen molar-refractivity contribution >= 4 is 17.7 Å². The summed E-state index contributed by atoms with van der Waals surface area (Å²) in [5.74, 6) is -0.435. The Morgan fingerprint density at radius 3 is 2.35 bits per heavy atom. The smallest absolute Gasteiger partial charge is 0.336 e. The van der Waals surface area contributed by atoms with Gasteiger partial charge in [-0.15, -0.1) is 0 Å². The average Bonchev–Trinajstić information content (AvgIpc) is 2.82. The van der Waals surface area contributed by atoms with Crippen molar-refractivity contribution < 1.29 is 28.6 Å². The molecule has 2 aromatic rings. The van der Waals surface area contributed by atoms with Crippen LogP contribution in [0.25, 0.3) is 0 Å². The lowest BCUT2D eigenvalue weighted by molar-refractivity contribution is -0.136. The summed E-state index contributed by atoms with van der Waals surface area (Å²) in [6, 6.07) is 14.6. The van der Waals surface area contributed by atoms with Crippen LogP contribution >= 0.6 is 0 Å². The predicted molar refractivity (Wildman–Crippen MR) is 125 cm³/mol. The van der Waals surface area contributed by atoms with E-state index in [4.69, 9.17) is 14.2 Å². The predicted octanol–water partition coefficient (Wildman–Crippen LogP) is 4.16. The van der Waals surface area contributed by atoms with Gasteiger partial charge < -0.3 is 19.5 Å². The molecule has 0 unspecified atom stereocenters. The summed E-state index contributed by atoms with van der Waals surface area (Å²) in [7, 11) is 2.95. The van der Waals surface area contributed by atoms with Gasteiger partial charge >= 0.3 is 11.9 Å². The van der Waals surface area contributed by atoms with E-state index in [2.05, 4.69) is 5.32 Å². The van der Waals surface area contributed by atoms with E-state index >= 15 is 0 Å². The van der Waals surface area contributed by atoms with E-state index in [1.807, 2.05) is 31.2 Å². The number of methoxy groups -OCH3 is 2. The van der Waals surface area contributed by atoms with Crippen LogP contribution in [0.15, 0.2) is 71.1 Å². The Labute approximate surface area is 198 Å². The Hall–Kier alpha value is -3.87. The molecular weight excluding hydrogens is 434 g/mol. The van der Waals surface area contributed by atoms with Gasteiger partial charge in [0.25, 0.3) is 0 Å². The number of rotatable bonds is 5. The molecule has 1 N–H and O–H groups in total. The maximum absolute atomic E-state index is 13.6. The minimum absolute atomic E-state index is 0.0346. The lowest BCUT2D eigenvalue weighted by Gasteiger charge is -2.36. The van der Waals surface area contributed by atoms with Crippen LogP contribution in [-0.4, -0.2) is 31.9 Å². The molecule has 176 valence electrons. The van der Waals surface area contributed by atoms with Gasteiger partial charge in [-0.1, -0.05) is 30.3 Å². The third-order valence-corrected chi connectivity index (χ3v) is 6.29. The summed E-state index contributed by atoms with van der Waals surface area (Å²) >= 11 is 0. The van der Waals surface area contributed by atoms with Crippen LogP contribution in [0.5, 0.6) is 11.5 Å². The zero-order valence-electron chi connectivity index (χ0n) is 19.6. The Morgan fingerprint density at radius 1 is 1.00 bits per heavy atom. The molecule has 0 fully saturated rings. The molecule has 2 aliphatic rings. The van der Waals surface area contributed by atoms with Crippen LogP contribution in [0.2, 0.25) is 0 Å². The number of ether oxygens (including phenoxy) is 3. The molecule has 34 heavy (non-hydrogen) atoms. The number of carbonyl (C=O) groups excluding carboxylic acids is 3. The summed E-state index contributed by atoms with van der Waals surface area (Å²) in [6.45, 7) is 3.14. The molecule has 0 amide bonds. The van der Waals surface area contributed by atoms with Crippen LogP contribution in [0.3, 0.4) is 0 Å². The topological polar surface area (TPSA) is 90.9 Å². The second-order valence-corrected chi connectivity index (χ2v) is 8.41. The molecule has 0 saturated heterocycles. The standard InChI is InChI=1S/C27H27NO6/c1-15-24(27(31)33-4)25(17-9-11-19(12-10-17)34-16(2)29)26-21(28-15)13-18(14-22(26)30)20-7-5-6-8-23(20)32-3/h5-12,18,25,28H,13-14H2,1-4H3/t18-,25+/m1/s1. The summed E-state index contributed by atoms with van der Waals surface area (Å²) in [6.07, 6.45) is 0.908. The van der Waals surface area contributed by atoms with Gasteiger partial charge in [-0.25, -0.2) is 4.79 Å². The van der Waals surface area contributed by atoms with E-state index in [1.54, 1.807) is 31.4 Å². The number of dihydropyridines is 1. The molecule has 1 heterocycles. The summed E-state index contributed by atoms with van der Waals surface area (Å²) < 4.78 is 15.7. The minimum atomic E-state index is -0.582. The van der Waals surface area contributed by atoms with Crippen molar-refractivity contribution in [2.24, 2.45) is 0 Å². The fraction of sp³-hybridized carbons (Fsp3) is 0.296. The Morgan fingerprint density at radius 2 is 1.71 bits per heavy atom. The first-order valence-corrected chi connectivity index (χ1v) is 11.1. The Bertz CT molecular complexity index is 1210. The number of esters is 2. The molecule has 0 spiro atoms. The second kappa shape index (κ2) is 9.55. The summed E-state index contributed by atoms with van der Waals surface area (Å²) in [4.78, 5) is 37.7. The summed E-state index contributed by atoms with van der Waals surface area (Å²) in [5.41, 5.74) is 4.13. The van der Waals surface area contributed by atoms with E-state index in [9.17, 15) is 14.4 Å². The molecule has 7 heteroatoms. The van der Waals surface area contributed by atoms with E-state index < -0.39 is 17.9 Å². The first-order chi connectivity index (χ1) is 16.3. The number of hydrogen-bond acceptors (Lipinski definition) is 7. The van der Waals surface area contributed by atoms with E-state index in [-0.39, 0.29) is 11.7 Å². The molecule has 0 bridgehead atoms. The number of ketones is 1. The second-order valence-electron chi connectivity index (χ2n) is 8.41. The fourth-order valence-electron chi connectivity index (χ4n) is 4.87. The highest BCUT2D eigenvalue weighted by Crippen LogP contribution is 2.47. The lowest BCUT2D eigenvalue weighted by atomic mass is 9.71. The van der Waals surface area contributed by atoms with Gasteiger partial charge in [0, 0.05) is 42.1 Å². The van der Waals surface area contributed by atoms with Crippen molar-refractivity contribution in [3.8, 4) is 11.5 Å².